The molecule has 1 aromatic carbocycles. The zero-order valence-electron chi connectivity index (χ0n) is 12.5. The van der Waals surface area contributed by atoms with Crippen LogP contribution in [0.25, 0.3) is 0 Å². The highest BCUT2D eigenvalue weighted by Crippen LogP contribution is 2.15. The average Bonchev–Trinajstić information content (AvgIpc) is 2.72. The largest absolute Gasteiger partial charge is 0.338 e. The van der Waals surface area contributed by atoms with Gasteiger partial charge in [0.05, 0.1) is 5.69 Å². The molecule has 0 spiro atoms. The van der Waals surface area contributed by atoms with Crippen molar-refractivity contribution in [3.63, 3.8) is 0 Å². The Morgan fingerprint density at radius 3 is 2.70 bits per heavy atom. The van der Waals surface area contributed by atoms with E-state index in [0.717, 1.165) is 12.1 Å². The quantitative estimate of drug-likeness (QED) is 0.868. The molecule has 0 atom stereocenters. The number of carbonyl (C=O) groups is 1. The van der Waals surface area contributed by atoms with Crippen molar-refractivity contribution in [1.82, 2.24) is 14.9 Å². The predicted octanol–water partition coefficient (Wildman–Crippen LogP) is 1.60. The van der Waals surface area contributed by atoms with Crippen LogP contribution in [0.5, 0.6) is 0 Å². The van der Waals surface area contributed by atoms with E-state index in [1.54, 1.807) is 6.92 Å². The molecule has 7 heteroatoms. The number of carbonyl (C=O) groups excluding carboxylic acids is 1. The maximum atomic E-state index is 13.3. The molecular formula is C16H15F2N3O2. The molecule has 0 saturated heterocycles. The highest BCUT2D eigenvalue weighted by Gasteiger charge is 2.23. The van der Waals surface area contributed by atoms with Gasteiger partial charge in [0, 0.05) is 30.6 Å². The number of aromatic amines is 1. The summed E-state index contributed by atoms with van der Waals surface area (Å²) in [6, 6.07) is 3.09. The van der Waals surface area contributed by atoms with Crippen LogP contribution in [0, 0.1) is 18.6 Å². The van der Waals surface area contributed by atoms with Crippen molar-refractivity contribution in [3.8, 4) is 0 Å². The third-order valence-electron chi connectivity index (χ3n) is 3.92. The van der Waals surface area contributed by atoms with Crippen molar-refractivity contribution in [2.45, 2.75) is 19.8 Å². The SMILES string of the molecule is Cc1nc2c(c(=O)[nH]1)CCN(C(=O)c1ccc(F)c(F)c1)CC2. The molecule has 0 bridgehead atoms. The molecule has 1 aliphatic rings. The number of hydrogen-bond donors (Lipinski definition) is 1. The lowest BCUT2D eigenvalue weighted by Gasteiger charge is -2.20. The van der Waals surface area contributed by atoms with Crippen molar-refractivity contribution < 1.29 is 13.6 Å². The number of hydrogen-bond acceptors (Lipinski definition) is 3. The van der Waals surface area contributed by atoms with Crippen LogP contribution in [0.15, 0.2) is 23.0 Å². The van der Waals surface area contributed by atoms with Gasteiger partial charge in [0.15, 0.2) is 11.6 Å². The van der Waals surface area contributed by atoms with Crippen LogP contribution >= 0.6 is 0 Å². The molecule has 1 N–H and O–H groups in total. The lowest BCUT2D eigenvalue weighted by molar-refractivity contribution is 0.0762. The Morgan fingerprint density at radius 2 is 1.96 bits per heavy atom. The fourth-order valence-electron chi connectivity index (χ4n) is 2.75. The van der Waals surface area contributed by atoms with Gasteiger partial charge in [-0.2, -0.15) is 0 Å². The Hall–Kier alpha value is -2.57. The van der Waals surface area contributed by atoms with Crippen molar-refractivity contribution in [3.05, 3.63) is 62.8 Å². The number of nitrogens with zero attached hydrogens (tertiary/aromatic N) is 2. The summed E-state index contributed by atoms with van der Waals surface area (Å²) in [4.78, 5) is 32.9. The minimum absolute atomic E-state index is 0.0907. The predicted molar refractivity (Wildman–Crippen MR) is 79.3 cm³/mol. The second-order valence-electron chi connectivity index (χ2n) is 5.50. The van der Waals surface area contributed by atoms with Crippen LogP contribution in [-0.2, 0) is 12.8 Å². The molecule has 1 aromatic heterocycles. The third kappa shape index (κ3) is 2.99. The first-order valence-electron chi connectivity index (χ1n) is 7.28. The van der Waals surface area contributed by atoms with Crippen molar-refractivity contribution in [1.29, 1.82) is 0 Å². The lowest BCUT2D eigenvalue weighted by atomic mass is 10.1. The Kier molecular flexibility index (Phi) is 3.94. The molecule has 2 aromatic rings. The van der Waals surface area contributed by atoms with E-state index in [4.69, 9.17) is 0 Å². The number of H-pyrrole nitrogens is 1. The van der Waals surface area contributed by atoms with Gasteiger partial charge < -0.3 is 9.88 Å². The Morgan fingerprint density at radius 1 is 1.22 bits per heavy atom. The minimum atomic E-state index is -1.05. The number of nitrogens with one attached hydrogen (secondary N) is 1. The topological polar surface area (TPSA) is 66.1 Å². The van der Waals surface area contributed by atoms with Gasteiger partial charge >= 0.3 is 0 Å². The Bertz CT molecular complexity index is 833. The van der Waals surface area contributed by atoms with E-state index in [-0.39, 0.29) is 17.0 Å². The monoisotopic (exact) mass is 319 g/mol. The van der Waals surface area contributed by atoms with E-state index in [2.05, 4.69) is 9.97 Å². The number of aryl methyl sites for hydroxylation is 1. The molecule has 23 heavy (non-hydrogen) atoms. The number of aromatic nitrogens is 2. The Balaban J connectivity index is 1.84. The van der Waals surface area contributed by atoms with E-state index >= 15 is 0 Å². The third-order valence-corrected chi connectivity index (χ3v) is 3.92. The van der Waals surface area contributed by atoms with Crippen LogP contribution in [0.2, 0.25) is 0 Å². The van der Waals surface area contributed by atoms with Crippen LogP contribution in [0.1, 0.15) is 27.4 Å². The first-order valence-corrected chi connectivity index (χ1v) is 7.28. The number of amides is 1. The molecular weight excluding hydrogens is 304 g/mol. The van der Waals surface area contributed by atoms with Gasteiger partial charge in [-0.3, -0.25) is 9.59 Å². The molecule has 1 amide bonds. The smallest absolute Gasteiger partial charge is 0.254 e. The maximum Gasteiger partial charge on any atom is 0.254 e. The number of rotatable bonds is 1. The average molecular weight is 319 g/mol. The first-order chi connectivity index (χ1) is 11.0. The zero-order valence-corrected chi connectivity index (χ0v) is 12.5. The molecule has 0 aliphatic carbocycles. The lowest BCUT2D eigenvalue weighted by Crippen LogP contribution is -2.33. The van der Waals surface area contributed by atoms with Gasteiger partial charge in [0.25, 0.3) is 11.5 Å². The van der Waals surface area contributed by atoms with Crippen molar-refractivity contribution in [2.75, 3.05) is 13.1 Å². The fourth-order valence-corrected chi connectivity index (χ4v) is 2.75. The number of benzene rings is 1. The molecule has 0 fully saturated rings. The van der Waals surface area contributed by atoms with Crippen molar-refractivity contribution in [2.24, 2.45) is 0 Å². The van der Waals surface area contributed by atoms with Gasteiger partial charge in [-0.1, -0.05) is 0 Å². The Labute approximate surface area is 131 Å². The second-order valence-corrected chi connectivity index (χ2v) is 5.50. The van der Waals surface area contributed by atoms with Crippen LogP contribution in [0.3, 0.4) is 0 Å². The fraction of sp³-hybridized carbons (Fsp3) is 0.312. The number of fused-ring (bicyclic) bond motifs is 1. The normalized spacial score (nSPS) is 14.3. The van der Waals surface area contributed by atoms with Gasteiger partial charge in [-0.05, 0) is 31.5 Å². The summed E-state index contributed by atoms with van der Waals surface area (Å²) in [6.07, 6.45) is 0.836. The molecule has 0 saturated carbocycles. The van der Waals surface area contributed by atoms with Crippen LogP contribution < -0.4 is 5.56 Å². The van der Waals surface area contributed by atoms with Gasteiger partial charge in [-0.25, -0.2) is 13.8 Å². The summed E-state index contributed by atoms with van der Waals surface area (Å²) in [5, 5.41) is 0. The van der Waals surface area contributed by atoms with Gasteiger partial charge in [0.1, 0.15) is 5.82 Å². The summed E-state index contributed by atoms with van der Waals surface area (Å²) >= 11 is 0. The summed E-state index contributed by atoms with van der Waals surface area (Å²) in [6.45, 7) is 2.41. The van der Waals surface area contributed by atoms with E-state index in [1.165, 1.54) is 11.0 Å². The molecule has 2 heterocycles. The summed E-state index contributed by atoms with van der Waals surface area (Å²) < 4.78 is 26.3. The van der Waals surface area contributed by atoms with E-state index in [9.17, 15) is 18.4 Å². The zero-order chi connectivity index (χ0) is 16.6. The second kappa shape index (κ2) is 5.91. The maximum absolute atomic E-state index is 13.3. The summed E-state index contributed by atoms with van der Waals surface area (Å²) in [5.74, 6) is -1.89. The van der Waals surface area contributed by atoms with E-state index in [0.29, 0.717) is 43.0 Å². The van der Waals surface area contributed by atoms with Crippen LogP contribution in [0.4, 0.5) is 8.78 Å². The van der Waals surface area contributed by atoms with Crippen molar-refractivity contribution >= 4 is 5.91 Å². The highest BCUT2D eigenvalue weighted by molar-refractivity contribution is 5.94. The molecule has 1 aliphatic heterocycles. The summed E-state index contributed by atoms with van der Waals surface area (Å²) in [7, 11) is 0. The molecule has 0 unspecified atom stereocenters. The van der Waals surface area contributed by atoms with Crippen LogP contribution in [-0.4, -0.2) is 33.9 Å². The highest BCUT2D eigenvalue weighted by atomic mass is 19.2. The van der Waals surface area contributed by atoms with Gasteiger partial charge in [-0.15, -0.1) is 0 Å². The molecule has 3 rings (SSSR count). The van der Waals surface area contributed by atoms with Gasteiger partial charge in [0.2, 0.25) is 0 Å². The number of halogens is 2. The van der Waals surface area contributed by atoms with E-state index < -0.39 is 11.6 Å². The minimum Gasteiger partial charge on any atom is -0.338 e. The standard InChI is InChI=1S/C16H15F2N3O2/c1-9-19-14-5-7-21(6-4-11(14)15(22)20-9)16(23)10-2-3-12(17)13(18)8-10/h2-3,8H,4-7H2,1H3,(H,19,20,22). The first kappa shape index (κ1) is 15.3. The van der Waals surface area contributed by atoms with E-state index in [1.807, 2.05) is 0 Å². The molecule has 120 valence electrons. The molecule has 5 nitrogen and oxygen atoms in total. The summed E-state index contributed by atoms with van der Waals surface area (Å²) in [5.41, 5.74) is 1.17. The molecule has 0 radical (unpaired) electrons.